The maximum atomic E-state index is 12.4. The number of aryl methyl sites for hydroxylation is 1. The van der Waals surface area contributed by atoms with Crippen LogP contribution in [0.5, 0.6) is 0 Å². The van der Waals surface area contributed by atoms with Gasteiger partial charge in [0.05, 0.1) is 16.8 Å². The molecule has 0 radical (unpaired) electrons. The fraction of sp³-hybridized carbons (Fsp3) is 0.353. The first-order valence-electron chi connectivity index (χ1n) is 7.99. The lowest BCUT2D eigenvalue weighted by Gasteiger charge is -2.06. The van der Waals surface area contributed by atoms with Crippen LogP contribution in [0.1, 0.15) is 39.9 Å². The van der Waals surface area contributed by atoms with E-state index in [0.29, 0.717) is 6.54 Å². The zero-order valence-corrected chi connectivity index (χ0v) is 15.4. The summed E-state index contributed by atoms with van der Waals surface area (Å²) >= 11 is 3.13. The number of anilines is 1. The number of carbonyl (C=O) groups is 1. The molecule has 0 aliphatic carbocycles. The highest BCUT2D eigenvalue weighted by atomic mass is 32.1. The van der Waals surface area contributed by atoms with Crippen molar-refractivity contribution in [2.75, 3.05) is 11.9 Å². The van der Waals surface area contributed by atoms with Gasteiger partial charge in [-0.15, -0.1) is 22.7 Å². The lowest BCUT2D eigenvalue weighted by molar-refractivity contribution is 0.0957. The molecule has 0 aliphatic rings. The van der Waals surface area contributed by atoms with E-state index in [1.54, 1.807) is 17.7 Å². The van der Waals surface area contributed by atoms with E-state index in [1.807, 2.05) is 13.0 Å². The molecule has 0 bridgehead atoms. The first-order valence-corrected chi connectivity index (χ1v) is 9.69. The summed E-state index contributed by atoms with van der Waals surface area (Å²) in [5, 5.41) is 9.35. The average molecular weight is 361 g/mol. The lowest BCUT2D eigenvalue weighted by Crippen LogP contribution is -2.23. The monoisotopic (exact) mass is 360 g/mol. The van der Waals surface area contributed by atoms with E-state index in [2.05, 4.69) is 39.0 Å². The number of rotatable bonds is 7. The second-order valence-electron chi connectivity index (χ2n) is 5.50. The van der Waals surface area contributed by atoms with Crippen molar-refractivity contribution >= 4 is 44.6 Å². The van der Waals surface area contributed by atoms with Crippen molar-refractivity contribution in [3.63, 3.8) is 0 Å². The number of aromatic nitrogens is 2. The Hall–Kier alpha value is -1.99. The van der Waals surface area contributed by atoms with Crippen molar-refractivity contribution in [1.29, 1.82) is 0 Å². The molecule has 0 fully saturated rings. The highest BCUT2D eigenvalue weighted by Crippen LogP contribution is 2.33. The Labute approximate surface area is 149 Å². The summed E-state index contributed by atoms with van der Waals surface area (Å²) in [6.45, 7) is 5.50. The summed E-state index contributed by atoms with van der Waals surface area (Å²) < 4.78 is 0. The number of thiophene rings is 2. The number of nitrogens with zero attached hydrogens (tertiary/aromatic N) is 2. The molecule has 126 valence electrons. The molecule has 24 heavy (non-hydrogen) atoms. The van der Waals surface area contributed by atoms with E-state index in [9.17, 15) is 4.79 Å². The Morgan fingerprint density at radius 2 is 2.21 bits per heavy atom. The largest absolute Gasteiger partial charge is 0.365 e. The van der Waals surface area contributed by atoms with Gasteiger partial charge in [0, 0.05) is 11.4 Å². The van der Waals surface area contributed by atoms with Crippen molar-refractivity contribution in [2.45, 2.75) is 33.2 Å². The molecule has 3 aromatic heterocycles. The zero-order valence-electron chi connectivity index (χ0n) is 13.8. The number of amides is 1. The third kappa shape index (κ3) is 3.57. The molecule has 3 rings (SSSR count). The normalized spacial score (nSPS) is 10.9. The second-order valence-corrected chi connectivity index (χ2v) is 7.53. The smallest absolute Gasteiger partial charge is 0.261 e. The van der Waals surface area contributed by atoms with Crippen LogP contribution in [-0.2, 0) is 6.54 Å². The number of carbonyl (C=O) groups excluding carboxylic acids is 1. The van der Waals surface area contributed by atoms with E-state index in [4.69, 9.17) is 0 Å². The summed E-state index contributed by atoms with van der Waals surface area (Å²) in [6.07, 6.45) is 3.60. The number of unbranched alkanes of at least 4 members (excludes halogenated alkanes) is 1. The van der Waals surface area contributed by atoms with Crippen LogP contribution < -0.4 is 10.6 Å². The predicted octanol–water partition coefficient (Wildman–Crippen LogP) is 4.20. The van der Waals surface area contributed by atoms with Gasteiger partial charge in [-0.2, -0.15) is 0 Å². The molecule has 0 spiro atoms. The second kappa shape index (κ2) is 7.72. The predicted molar refractivity (Wildman–Crippen MR) is 101 cm³/mol. The lowest BCUT2D eigenvalue weighted by atomic mass is 10.2. The van der Waals surface area contributed by atoms with E-state index in [1.165, 1.54) is 16.2 Å². The summed E-state index contributed by atoms with van der Waals surface area (Å²) in [5.74, 6) is 0.767. The van der Waals surface area contributed by atoms with E-state index >= 15 is 0 Å². The molecule has 0 saturated carbocycles. The highest BCUT2D eigenvalue weighted by Gasteiger charge is 2.18. The number of hydrogen-bond acceptors (Lipinski definition) is 6. The Kier molecular flexibility index (Phi) is 5.42. The van der Waals surface area contributed by atoms with Gasteiger partial charge in [0.1, 0.15) is 17.0 Å². The van der Waals surface area contributed by atoms with Gasteiger partial charge in [-0.3, -0.25) is 4.79 Å². The third-order valence-corrected chi connectivity index (χ3v) is 5.83. The first kappa shape index (κ1) is 16.9. The fourth-order valence-corrected chi connectivity index (χ4v) is 4.17. The van der Waals surface area contributed by atoms with E-state index in [0.717, 1.165) is 45.9 Å². The van der Waals surface area contributed by atoms with Crippen LogP contribution in [0.4, 0.5) is 5.82 Å². The van der Waals surface area contributed by atoms with Gasteiger partial charge in [-0.05, 0) is 30.4 Å². The maximum absolute atomic E-state index is 12.4. The third-order valence-electron chi connectivity index (χ3n) is 3.76. The molecule has 3 heterocycles. The molecule has 2 N–H and O–H groups in total. The molecular weight excluding hydrogens is 340 g/mol. The van der Waals surface area contributed by atoms with Crippen LogP contribution in [0.15, 0.2) is 23.8 Å². The molecule has 5 nitrogen and oxygen atoms in total. The van der Waals surface area contributed by atoms with Crippen LogP contribution in [0.3, 0.4) is 0 Å². The minimum absolute atomic E-state index is 0.0202. The molecule has 0 aromatic carbocycles. The summed E-state index contributed by atoms with van der Waals surface area (Å²) in [7, 11) is 0. The fourth-order valence-electron chi connectivity index (χ4n) is 2.47. The van der Waals surface area contributed by atoms with Crippen LogP contribution in [0.25, 0.3) is 10.2 Å². The van der Waals surface area contributed by atoms with Crippen molar-refractivity contribution in [2.24, 2.45) is 0 Å². The van der Waals surface area contributed by atoms with Gasteiger partial charge >= 0.3 is 0 Å². The minimum atomic E-state index is -0.0202. The van der Waals surface area contributed by atoms with Gasteiger partial charge in [0.25, 0.3) is 5.91 Å². The van der Waals surface area contributed by atoms with Gasteiger partial charge < -0.3 is 10.6 Å². The Bertz CT molecular complexity index is 827. The van der Waals surface area contributed by atoms with Crippen molar-refractivity contribution in [1.82, 2.24) is 15.3 Å². The topological polar surface area (TPSA) is 66.9 Å². The van der Waals surface area contributed by atoms with Gasteiger partial charge in [-0.25, -0.2) is 9.97 Å². The molecule has 0 atom stereocenters. The molecule has 7 heteroatoms. The van der Waals surface area contributed by atoms with Crippen LogP contribution >= 0.6 is 22.7 Å². The van der Waals surface area contributed by atoms with Crippen molar-refractivity contribution in [3.05, 3.63) is 39.2 Å². The molecule has 0 saturated heterocycles. The van der Waals surface area contributed by atoms with Crippen LogP contribution in [0.2, 0.25) is 0 Å². The first-order chi connectivity index (χ1) is 11.7. The Balaban J connectivity index is 1.84. The molecule has 3 aromatic rings. The maximum Gasteiger partial charge on any atom is 0.261 e. The molecular formula is C17H20N4OS2. The van der Waals surface area contributed by atoms with E-state index < -0.39 is 0 Å². The van der Waals surface area contributed by atoms with Crippen LogP contribution in [-0.4, -0.2) is 22.4 Å². The zero-order chi connectivity index (χ0) is 16.9. The standard InChI is InChI=1S/C17H20N4OS2/c1-3-4-7-18-16(22)14-11(2)13-15(20-10-21-17(13)24-14)19-9-12-6-5-8-23-12/h5-6,8,10H,3-4,7,9H2,1-2H3,(H,18,22)(H,19,20,21). The van der Waals surface area contributed by atoms with Gasteiger partial charge in [0.15, 0.2) is 0 Å². The Morgan fingerprint density at radius 1 is 1.33 bits per heavy atom. The summed E-state index contributed by atoms with van der Waals surface area (Å²) in [6, 6.07) is 4.12. The highest BCUT2D eigenvalue weighted by molar-refractivity contribution is 7.20. The SMILES string of the molecule is CCCCNC(=O)c1sc2ncnc(NCc3cccs3)c2c1C. The number of hydrogen-bond donors (Lipinski definition) is 2. The van der Waals surface area contributed by atoms with Gasteiger partial charge in [-0.1, -0.05) is 19.4 Å². The number of nitrogens with one attached hydrogen (secondary N) is 2. The van der Waals surface area contributed by atoms with Gasteiger partial charge in [0.2, 0.25) is 0 Å². The average Bonchev–Trinajstić information content (AvgIpc) is 3.21. The summed E-state index contributed by atoms with van der Waals surface area (Å²) in [5.41, 5.74) is 0.943. The van der Waals surface area contributed by atoms with Crippen molar-refractivity contribution < 1.29 is 4.79 Å². The summed E-state index contributed by atoms with van der Waals surface area (Å²) in [4.78, 5) is 23.9. The number of fused-ring (bicyclic) bond motifs is 1. The van der Waals surface area contributed by atoms with E-state index in [-0.39, 0.29) is 5.91 Å². The Morgan fingerprint density at radius 3 is 2.96 bits per heavy atom. The minimum Gasteiger partial charge on any atom is -0.365 e. The molecule has 0 aliphatic heterocycles. The van der Waals surface area contributed by atoms with Crippen LogP contribution in [0, 0.1) is 6.92 Å². The molecule has 0 unspecified atom stereocenters. The quantitative estimate of drug-likeness (QED) is 0.620. The van der Waals surface area contributed by atoms with Crippen molar-refractivity contribution in [3.8, 4) is 0 Å². The molecule has 1 amide bonds.